The fourth-order valence-corrected chi connectivity index (χ4v) is 5.80. The Bertz CT molecular complexity index is 1590. The van der Waals surface area contributed by atoms with Crippen LogP contribution in [0.1, 0.15) is 52.4 Å². The molecule has 3 atom stereocenters. The highest BCUT2D eigenvalue weighted by Crippen LogP contribution is 2.37. The topological polar surface area (TPSA) is 122 Å². The van der Waals surface area contributed by atoms with Gasteiger partial charge in [0, 0.05) is 24.9 Å². The van der Waals surface area contributed by atoms with E-state index in [2.05, 4.69) is 20.0 Å². The fourth-order valence-electron chi connectivity index (χ4n) is 4.91. The first-order chi connectivity index (χ1) is 21.6. The molecule has 2 aromatic carbocycles. The molecule has 1 unspecified atom stereocenters. The normalized spacial score (nSPS) is 18.2. The summed E-state index contributed by atoms with van der Waals surface area (Å²) in [6, 6.07) is 7.93. The van der Waals surface area contributed by atoms with Crippen LogP contribution < -0.4 is 10.2 Å². The molecule has 4 rings (SSSR count). The molecule has 250 valence electrons. The van der Waals surface area contributed by atoms with Crippen molar-refractivity contribution in [3.05, 3.63) is 83.2 Å². The van der Waals surface area contributed by atoms with Crippen LogP contribution in [0.4, 0.5) is 36.7 Å². The molecule has 0 aliphatic carbocycles. The van der Waals surface area contributed by atoms with Crippen LogP contribution >= 0.6 is 0 Å². The average Bonchev–Trinajstić information content (AvgIpc) is 3.46. The molecule has 17 heteroatoms. The first-order valence-electron chi connectivity index (χ1n) is 13.9. The summed E-state index contributed by atoms with van der Waals surface area (Å²) < 4.78 is 120. The van der Waals surface area contributed by atoms with E-state index in [1.165, 1.54) is 48.2 Å². The predicted octanol–water partition coefficient (Wildman–Crippen LogP) is 4.99. The van der Waals surface area contributed by atoms with Crippen LogP contribution in [0.15, 0.2) is 65.8 Å². The van der Waals surface area contributed by atoms with Crippen molar-refractivity contribution in [1.29, 1.82) is 0 Å². The summed E-state index contributed by atoms with van der Waals surface area (Å²) >= 11 is 0. The van der Waals surface area contributed by atoms with Gasteiger partial charge < -0.3 is 20.1 Å². The van der Waals surface area contributed by atoms with Gasteiger partial charge in [-0.2, -0.15) is 22.0 Å². The minimum absolute atomic E-state index is 0.0154. The van der Waals surface area contributed by atoms with E-state index < -0.39 is 71.2 Å². The summed E-state index contributed by atoms with van der Waals surface area (Å²) in [4.78, 5) is 22.6. The summed E-state index contributed by atoms with van der Waals surface area (Å²) in [7, 11) is -3.46. The Kier molecular flexibility index (Phi) is 10.6. The van der Waals surface area contributed by atoms with E-state index in [0.717, 1.165) is 24.5 Å². The highest BCUT2D eigenvalue weighted by Gasteiger charge is 2.45. The molecular weight excluding hydrogens is 649 g/mol. The molecule has 1 aliphatic rings. The summed E-state index contributed by atoms with van der Waals surface area (Å²) in [6.07, 6.45) is -11.1. The van der Waals surface area contributed by atoms with Crippen LogP contribution in [0.2, 0.25) is 0 Å². The number of ether oxygens (including phenoxy) is 1. The monoisotopic (exact) mass is 678 g/mol. The van der Waals surface area contributed by atoms with Gasteiger partial charge in [0.15, 0.2) is 9.84 Å². The van der Waals surface area contributed by atoms with Crippen LogP contribution in [0.5, 0.6) is 0 Å². The number of halogens is 7. The van der Waals surface area contributed by atoms with Gasteiger partial charge in [0.25, 0.3) is 5.91 Å². The summed E-state index contributed by atoms with van der Waals surface area (Å²) in [6.45, 7) is 0.0985. The number of carbonyl (C=O) groups excluding carboxylic acids is 1. The Morgan fingerprint density at radius 1 is 1.04 bits per heavy atom. The fraction of sp³-hybridized carbons (Fsp3) is 0.414. The molecule has 1 saturated heterocycles. The third kappa shape index (κ3) is 8.11. The van der Waals surface area contributed by atoms with Gasteiger partial charge in [0.2, 0.25) is 5.95 Å². The number of hydrogen-bond acceptors (Lipinski definition) is 8. The molecule has 0 radical (unpaired) electrons. The molecule has 1 amide bonds. The maximum atomic E-state index is 13.6. The highest BCUT2D eigenvalue weighted by molar-refractivity contribution is 7.91. The second-order valence-corrected chi connectivity index (χ2v) is 12.8. The Balaban J connectivity index is 1.51. The van der Waals surface area contributed by atoms with E-state index in [9.17, 15) is 49.1 Å². The molecule has 3 aromatic rings. The van der Waals surface area contributed by atoms with E-state index in [1.807, 2.05) is 0 Å². The SMILES string of the molecule is CCS(=O)(=O)c1ccc([C@H](CO)NC(=O)c2cnc(N3CC(c4ccc(C(F)(F)F)cc4)C[C@H]3COC(F)(F)C(F)F)nc2)cc1. The zero-order valence-electron chi connectivity index (χ0n) is 24.1. The maximum absolute atomic E-state index is 13.6. The molecule has 46 heavy (non-hydrogen) atoms. The van der Waals surface area contributed by atoms with Gasteiger partial charge in [-0.3, -0.25) is 4.79 Å². The maximum Gasteiger partial charge on any atom is 0.416 e. The first-order valence-corrected chi connectivity index (χ1v) is 15.5. The smallest absolute Gasteiger partial charge is 0.394 e. The van der Waals surface area contributed by atoms with Crippen LogP contribution in [0.25, 0.3) is 0 Å². The van der Waals surface area contributed by atoms with Gasteiger partial charge in [-0.1, -0.05) is 31.2 Å². The van der Waals surface area contributed by atoms with Crippen molar-refractivity contribution in [3.8, 4) is 0 Å². The number of aromatic nitrogens is 2. The molecule has 1 aromatic heterocycles. The van der Waals surface area contributed by atoms with Crippen molar-refractivity contribution >= 4 is 21.7 Å². The van der Waals surface area contributed by atoms with E-state index in [0.29, 0.717) is 11.1 Å². The molecule has 2 N–H and O–H groups in total. The molecule has 0 bridgehead atoms. The van der Waals surface area contributed by atoms with Gasteiger partial charge in [-0.25, -0.2) is 27.2 Å². The average molecular weight is 679 g/mol. The van der Waals surface area contributed by atoms with Crippen molar-refractivity contribution in [2.24, 2.45) is 0 Å². The Morgan fingerprint density at radius 2 is 1.65 bits per heavy atom. The number of anilines is 1. The van der Waals surface area contributed by atoms with Crippen molar-refractivity contribution in [2.75, 3.05) is 30.4 Å². The quantitative estimate of drug-likeness (QED) is 0.257. The predicted molar refractivity (Wildman–Crippen MR) is 150 cm³/mol. The van der Waals surface area contributed by atoms with Crippen LogP contribution in [-0.4, -0.2) is 73.5 Å². The molecule has 1 fully saturated rings. The zero-order chi connectivity index (χ0) is 33.9. The molecular formula is C29H29F7N4O5S. The largest absolute Gasteiger partial charge is 0.416 e. The van der Waals surface area contributed by atoms with E-state index in [4.69, 9.17) is 0 Å². The van der Waals surface area contributed by atoms with E-state index in [1.54, 1.807) is 0 Å². The lowest BCUT2D eigenvalue weighted by atomic mass is 9.95. The number of nitrogens with one attached hydrogen (secondary N) is 1. The number of aliphatic hydroxyl groups is 1. The number of carbonyl (C=O) groups is 1. The van der Waals surface area contributed by atoms with Crippen molar-refractivity contribution < 1.29 is 53.8 Å². The molecule has 1 aliphatic heterocycles. The summed E-state index contributed by atoms with van der Waals surface area (Å²) in [5.41, 5.74) is -0.0988. The number of alkyl halides is 7. The summed E-state index contributed by atoms with van der Waals surface area (Å²) in [5, 5.41) is 12.4. The highest BCUT2D eigenvalue weighted by atomic mass is 32.2. The Labute approximate surface area is 259 Å². The standard InChI is InChI=1S/C29H29F7N4O5S/c1-2-46(43,44)23-9-5-18(6-10-23)24(15-41)39-25(42)20-12-37-27(38-13-20)40-14-19(11-22(40)16-45-29(35,36)26(30)31)17-3-7-21(8-4-17)28(32,33)34/h3-10,12-13,19,22,24,26,41H,2,11,14-16H2,1H3,(H,39,42)/t19?,22-,24-/m0/s1. The minimum Gasteiger partial charge on any atom is -0.394 e. The van der Waals surface area contributed by atoms with Gasteiger partial charge in [-0.15, -0.1) is 0 Å². The zero-order valence-corrected chi connectivity index (χ0v) is 24.9. The third-order valence-corrected chi connectivity index (χ3v) is 9.26. The van der Waals surface area contributed by atoms with Gasteiger partial charge in [0.05, 0.1) is 47.1 Å². The number of sulfone groups is 1. The van der Waals surface area contributed by atoms with E-state index >= 15 is 0 Å². The van der Waals surface area contributed by atoms with Crippen LogP contribution in [-0.2, 0) is 20.8 Å². The molecule has 9 nitrogen and oxygen atoms in total. The van der Waals surface area contributed by atoms with E-state index in [-0.39, 0.29) is 35.1 Å². The lowest BCUT2D eigenvalue weighted by molar-refractivity contribution is -0.301. The minimum atomic E-state index is -4.74. The second kappa shape index (κ2) is 13.9. The van der Waals surface area contributed by atoms with Crippen LogP contribution in [0, 0.1) is 0 Å². The third-order valence-electron chi connectivity index (χ3n) is 7.51. The number of rotatable bonds is 12. The summed E-state index contributed by atoms with van der Waals surface area (Å²) in [5.74, 6) is -1.42. The Hall–Kier alpha value is -3.83. The van der Waals surface area contributed by atoms with Gasteiger partial charge in [-0.05, 0) is 41.8 Å². The lowest BCUT2D eigenvalue weighted by Crippen LogP contribution is -2.39. The Morgan fingerprint density at radius 3 is 2.17 bits per heavy atom. The lowest BCUT2D eigenvalue weighted by Gasteiger charge is -2.26. The van der Waals surface area contributed by atoms with Crippen molar-refractivity contribution in [3.63, 3.8) is 0 Å². The van der Waals surface area contributed by atoms with Gasteiger partial charge >= 0.3 is 18.7 Å². The van der Waals surface area contributed by atoms with Gasteiger partial charge in [0.1, 0.15) is 0 Å². The number of amides is 1. The first kappa shape index (κ1) is 35.0. The number of hydrogen-bond donors (Lipinski definition) is 2. The molecule has 0 saturated carbocycles. The van der Waals surface area contributed by atoms with Crippen molar-refractivity contribution in [1.82, 2.24) is 15.3 Å². The number of nitrogens with zero attached hydrogens (tertiary/aromatic N) is 3. The number of aliphatic hydroxyl groups excluding tert-OH is 1. The molecule has 0 spiro atoms. The molecule has 2 heterocycles. The van der Waals surface area contributed by atoms with Crippen LogP contribution in [0.3, 0.4) is 0 Å². The van der Waals surface area contributed by atoms with Crippen molar-refractivity contribution in [2.45, 2.75) is 55.0 Å². The second-order valence-electron chi connectivity index (χ2n) is 10.5. The number of benzene rings is 2.